The Balaban J connectivity index is 1.76. The van der Waals surface area contributed by atoms with Gasteiger partial charge in [0.05, 0.1) is 13.1 Å². The number of hydrogen-bond acceptors (Lipinski definition) is 4. The Labute approximate surface area is 164 Å². The number of ether oxygens (including phenoxy) is 1. The number of carbonyl (C=O) groups is 2. The number of nitrogens with one attached hydrogen (secondary N) is 1. The van der Waals surface area contributed by atoms with Gasteiger partial charge in [-0.1, -0.05) is 24.3 Å². The van der Waals surface area contributed by atoms with Gasteiger partial charge in [-0.2, -0.15) is 0 Å². The molecule has 2 rings (SSSR count). The molecule has 0 aliphatic heterocycles. The lowest BCUT2D eigenvalue weighted by Gasteiger charge is -2.22. The van der Waals surface area contributed by atoms with Crippen molar-refractivity contribution in [3.63, 3.8) is 0 Å². The van der Waals surface area contributed by atoms with E-state index >= 15 is 0 Å². The second kappa shape index (κ2) is 10.4. The topological polar surface area (TPSA) is 61.9 Å². The van der Waals surface area contributed by atoms with E-state index < -0.39 is 5.82 Å². The Morgan fingerprint density at radius 3 is 2.39 bits per heavy atom. The summed E-state index contributed by atoms with van der Waals surface area (Å²) in [6.07, 6.45) is 0. The first-order chi connectivity index (χ1) is 13.4. The molecule has 0 fully saturated rings. The Bertz CT molecular complexity index is 796. The van der Waals surface area contributed by atoms with Gasteiger partial charge in [-0.15, -0.1) is 0 Å². The summed E-state index contributed by atoms with van der Waals surface area (Å²) < 4.78 is 18.9. The third-order valence-corrected chi connectivity index (χ3v) is 4.25. The highest BCUT2D eigenvalue weighted by Crippen LogP contribution is 2.15. The van der Waals surface area contributed by atoms with Crippen molar-refractivity contribution in [1.82, 2.24) is 15.1 Å². The second-order valence-electron chi connectivity index (χ2n) is 6.54. The normalized spacial score (nSPS) is 10.6. The predicted molar refractivity (Wildman–Crippen MR) is 106 cm³/mol. The fraction of sp³-hybridized carbons (Fsp3) is 0.333. The number of para-hydroxylation sites is 1. The lowest BCUT2D eigenvalue weighted by molar-refractivity contribution is -0.131. The maximum Gasteiger partial charge on any atom is 0.251 e. The highest BCUT2D eigenvalue weighted by Gasteiger charge is 2.13. The van der Waals surface area contributed by atoms with E-state index in [9.17, 15) is 14.0 Å². The second-order valence-corrected chi connectivity index (χ2v) is 6.54. The van der Waals surface area contributed by atoms with Crippen molar-refractivity contribution < 1.29 is 18.7 Å². The third kappa shape index (κ3) is 6.35. The van der Waals surface area contributed by atoms with Crippen molar-refractivity contribution in [2.24, 2.45) is 0 Å². The van der Waals surface area contributed by atoms with Crippen LogP contribution in [0.2, 0.25) is 0 Å². The van der Waals surface area contributed by atoms with Gasteiger partial charge in [-0.05, 0) is 36.9 Å². The van der Waals surface area contributed by atoms with Crippen molar-refractivity contribution in [1.29, 1.82) is 0 Å². The summed E-state index contributed by atoms with van der Waals surface area (Å²) in [5.74, 6) is -0.421. The lowest BCUT2D eigenvalue weighted by Crippen LogP contribution is -2.38. The molecule has 2 aromatic rings. The molecule has 2 amide bonds. The molecule has 28 heavy (non-hydrogen) atoms. The minimum absolute atomic E-state index is 0.0541. The maximum absolute atomic E-state index is 13.5. The summed E-state index contributed by atoms with van der Waals surface area (Å²) in [5, 5.41) is 2.58. The summed E-state index contributed by atoms with van der Waals surface area (Å²) in [4.78, 5) is 27.4. The molecule has 0 atom stereocenters. The van der Waals surface area contributed by atoms with Crippen molar-refractivity contribution in [2.75, 3.05) is 40.8 Å². The summed E-state index contributed by atoms with van der Waals surface area (Å²) in [6.45, 7) is 1.41. The predicted octanol–water partition coefficient (Wildman–Crippen LogP) is 2.15. The number of benzene rings is 2. The van der Waals surface area contributed by atoms with Crippen molar-refractivity contribution >= 4 is 11.8 Å². The summed E-state index contributed by atoms with van der Waals surface area (Å²) in [5.41, 5.74) is 1.60. The first-order valence-electron chi connectivity index (χ1n) is 9.01. The Hall–Kier alpha value is -2.93. The van der Waals surface area contributed by atoms with Gasteiger partial charge in [0, 0.05) is 26.2 Å². The molecular formula is C21H26FN3O3. The number of nitrogens with zero attached hydrogens (tertiary/aromatic N) is 2. The van der Waals surface area contributed by atoms with E-state index in [4.69, 9.17) is 4.74 Å². The van der Waals surface area contributed by atoms with Gasteiger partial charge in [0.2, 0.25) is 5.91 Å². The first kappa shape index (κ1) is 21.4. The Morgan fingerprint density at radius 1 is 1.07 bits per heavy atom. The van der Waals surface area contributed by atoms with Crippen LogP contribution in [0.1, 0.15) is 15.9 Å². The van der Waals surface area contributed by atoms with E-state index in [1.807, 2.05) is 24.1 Å². The molecule has 1 N–H and O–H groups in total. The molecule has 0 aromatic heterocycles. The highest BCUT2D eigenvalue weighted by atomic mass is 19.1. The SMILES string of the molecule is CNC(=O)c1ccc(CN(C)CC(=O)N(C)CCOc2ccccc2F)cc1. The molecule has 0 radical (unpaired) electrons. The number of carbonyl (C=O) groups excluding carboxylic acids is 2. The minimum Gasteiger partial charge on any atom is -0.489 e. The first-order valence-corrected chi connectivity index (χ1v) is 9.01. The van der Waals surface area contributed by atoms with Crippen LogP contribution in [0.15, 0.2) is 48.5 Å². The molecule has 0 saturated carbocycles. The standard InChI is InChI=1S/C21H26FN3O3/c1-23-21(27)17-10-8-16(9-11-17)14-24(2)15-20(26)25(3)12-13-28-19-7-5-4-6-18(19)22/h4-11H,12-15H2,1-3H3,(H,23,27). The monoisotopic (exact) mass is 387 g/mol. The van der Waals surface area contributed by atoms with Gasteiger partial charge >= 0.3 is 0 Å². The van der Waals surface area contributed by atoms with Crippen LogP contribution in [-0.2, 0) is 11.3 Å². The van der Waals surface area contributed by atoms with Gasteiger partial charge in [-0.25, -0.2) is 4.39 Å². The molecule has 150 valence electrons. The van der Waals surface area contributed by atoms with Crippen molar-refractivity contribution in [3.8, 4) is 5.75 Å². The van der Waals surface area contributed by atoms with E-state index in [1.54, 1.807) is 49.3 Å². The van der Waals surface area contributed by atoms with Crippen LogP contribution in [0.5, 0.6) is 5.75 Å². The molecule has 0 heterocycles. The number of rotatable bonds is 9. The van der Waals surface area contributed by atoms with Crippen LogP contribution in [-0.4, -0.2) is 62.5 Å². The van der Waals surface area contributed by atoms with E-state index in [0.717, 1.165) is 5.56 Å². The Kier molecular flexibility index (Phi) is 7.95. The number of amides is 2. The van der Waals surface area contributed by atoms with E-state index in [1.165, 1.54) is 6.07 Å². The van der Waals surface area contributed by atoms with E-state index in [2.05, 4.69) is 5.32 Å². The molecular weight excluding hydrogens is 361 g/mol. The fourth-order valence-corrected chi connectivity index (χ4v) is 2.60. The highest BCUT2D eigenvalue weighted by molar-refractivity contribution is 5.93. The van der Waals surface area contributed by atoms with Crippen LogP contribution < -0.4 is 10.1 Å². The fourth-order valence-electron chi connectivity index (χ4n) is 2.60. The molecule has 0 bridgehead atoms. The minimum atomic E-state index is -0.418. The van der Waals surface area contributed by atoms with Crippen LogP contribution in [0.4, 0.5) is 4.39 Å². The zero-order chi connectivity index (χ0) is 20.5. The van der Waals surface area contributed by atoms with Crippen LogP contribution in [0, 0.1) is 5.82 Å². The van der Waals surface area contributed by atoms with Gasteiger partial charge in [0.25, 0.3) is 5.91 Å². The van der Waals surface area contributed by atoms with Gasteiger partial charge in [0.15, 0.2) is 11.6 Å². The van der Waals surface area contributed by atoms with E-state index in [-0.39, 0.29) is 30.7 Å². The summed E-state index contributed by atoms with van der Waals surface area (Å²) in [7, 11) is 5.14. The molecule has 7 heteroatoms. The molecule has 2 aromatic carbocycles. The number of likely N-dealkylation sites (N-methyl/N-ethyl adjacent to an activating group) is 2. The molecule has 0 spiro atoms. The van der Waals surface area contributed by atoms with Crippen LogP contribution in [0.3, 0.4) is 0 Å². The zero-order valence-corrected chi connectivity index (χ0v) is 16.4. The summed E-state index contributed by atoms with van der Waals surface area (Å²) >= 11 is 0. The molecule has 0 unspecified atom stereocenters. The number of hydrogen-bond donors (Lipinski definition) is 1. The van der Waals surface area contributed by atoms with Gasteiger partial charge in [0.1, 0.15) is 6.61 Å². The molecule has 0 saturated heterocycles. The number of halogens is 1. The quantitative estimate of drug-likeness (QED) is 0.716. The van der Waals surface area contributed by atoms with Gasteiger partial charge in [-0.3, -0.25) is 14.5 Å². The third-order valence-electron chi connectivity index (χ3n) is 4.25. The van der Waals surface area contributed by atoms with Crippen LogP contribution in [0.25, 0.3) is 0 Å². The average molecular weight is 387 g/mol. The maximum atomic E-state index is 13.5. The largest absolute Gasteiger partial charge is 0.489 e. The molecule has 0 aliphatic carbocycles. The summed E-state index contributed by atoms with van der Waals surface area (Å²) in [6, 6.07) is 13.4. The average Bonchev–Trinajstić information content (AvgIpc) is 2.69. The van der Waals surface area contributed by atoms with Gasteiger partial charge < -0.3 is 15.0 Å². The molecule has 6 nitrogen and oxygen atoms in total. The molecule has 0 aliphatic rings. The van der Waals surface area contributed by atoms with Crippen molar-refractivity contribution in [2.45, 2.75) is 6.54 Å². The zero-order valence-electron chi connectivity index (χ0n) is 16.4. The van der Waals surface area contributed by atoms with E-state index in [0.29, 0.717) is 18.7 Å². The lowest BCUT2D eigenvalue weighted by atomic mass is 10.1. The smallest absolute Gasteiger partial charge is 0.251 e. The van der Waals surface area contributed by atoms with Crippen LogP contribution >= 0.6 is 0 Å². The van der Waals surface area contributed by atoms with Crippen molar-refractivity contribution in [3.05, 3.63) is 65.5 Å². The Morgan fingerprint density at radius 2 is 1.75 bits per heavy atom.